The van der Waals surface area contributed by atoms with Gasteiger partial charge in [-0.2, -0.15) is 0 Å². The van der Waals surface area contributed by atoms with Crippen LogP contribution in [0.25, 0.3) is 0 Å². The summed E-state index contributed by atoms with van der Waals surface area (Å²) in [4.78, 5) is 2.78. The number of thiocarbonyl (C=S) groups is 1. The number of hydrogen-bond acceptors (Lipinski definition) is 2. The second-order valence-electron chi connectivity index (χ2n) is 5.80. The molecule has 0 unspecified atom stereocenters. The van der Waals surface area contributed by atoms with Gasteiger partial charge in [0.25, 0.3) is 0 Å². The normalized spacial score (nSPS) is 11.8. The Hall–Kier alpha value is -0.930. The van der Waals surface area contributed by atoms with Gasteiger partial charge in [0.15, 0.2) is 0 Å². The standard InChI is InChI=1S/C14H22N2S/c1-14(2,3)10-16(4)9-11-6-5-7-12(8-11)13(15)17/h5-8H,9-10H2,1-4H3,(H2,15,17). The van der Waals surface area contributed by atoms with Gasteiger partial charge in [-0.3, -0.25) is 0 Å². The van der Waals surface area contributed by atoms with E-state index >= 15 is 0 Å². The number of rotatable bonds is 4. The molecule has 0 aliphatic rings. The first kappa shape index (κ1) is 14.1. The van der Waals surface area contributed by atoms with Crippen molar-refractivity contribution in [3.8, 4) is 0 Å². The minimum atomic E-state index is 0.315. The van der Waals surface area contributed by atoms with E-state index in [9.17, 15) is 0 Å². The summed E-state index contributed by atoms with van der Waals surface area (Å²) in [7, 11) is 2.14. The molecule has 0 spiro atoms. The van der Waals surface area contributed by atoms with Crippen molar-refractivity contribution < 1.29 is 0 Å². The summed E-state index contributed by atoms with van der Waals surface area (Å²) in [5.74, 6) is 0. The molecule has 2 nitrogen and oxygen atoms in total. The summed E-state index contributed by atoms with van der Waals surface area (Å²) in [6.07, 6.45) is 0. The predicted molar refractivity (Wildman–Crippen MR) is 78.1 cm³/mol. The van der Waals surface area contributed by atoms with E-state index in [2.05, 4.69) is 44.9 Å². The van der Waals surface area contributed by atoms with Gasteiger partial charge in [-0.05, 0) is 24.1 Å². The van der Waals surface area contributed by atoms with Crippen LogP contribution in [-0.2, 0) is 6.54 Å². The molecule has 0 fully saturated rings. The highest BCUT2D eigenvalue weighted by atomic mass is 32.1. The molecule has 17 heavy (non-hydrogen) atoms. The van der Waals surface area contributed by atoms with Gasteiger partial charge in [-0.15, -0.1) is 0 Å². The Morgan fingerprint density at radius 1 is 1.35 bits per heavy atom. The zero-order valence-corrected chi connectivity index (χ0v) is 12.0. The fraction of sp³-hybridized carbons (Fsp3) is 0.500. The topological polar surface area (TPSA) is 29.3 Å². The average Bonchev–Trinajstić information content (AvgIpc) is 2.14. The van der Waals surface area contributed by atoms with Crippen molar-refractivity contribution in [2.75, 3.05) is 13.6 Å². The fourth-order valence-electron chi connectivity index (χ4n) is 2.00. The van der Waals surface area contributed by atoms with Crippen molar-refractivity contribution in [3.63, 3.8) is 0 Å². The first-order chi connectivity index (χ1) is 7.78. The van der Waals surface area contributed by atoms with Crippen molar-refractivity contribution in [2.45, 2.75) is 27.3 Å². The molecule has 0 bridgehead atoms. The lowest BCUT2D eigenvalue weighted by molar-refractivity contribution is 0.221. The van der Waals surface area contributed by atoms with Crippen LogP contribution in [0.2, 0.25) is 0 Å². The Kier molecular flexibility index (Phi) is 4.66. The molecule has 0 atom stereocenters. The van der Waals surface area contributed by atoms with Crippen LogP contribution in [-0.4, -0.2) is 23.5 Å². The Bertz CT molecular complexity index is 393. The van der Waals surface area contributed by atoms with E-state index in [1.807, 2.05) is 12.1 Å². The molecule has 94 valence electrons. The van der Waals surface area contributed by atoms with Crippen LogP contribution in [0.5, 0.6) is 0 Å². The second-order valence-corrected chi connectivity index (χ2v) is 6.24. The largest absolute Gasteiger partial charge is 0.389 e. The van der Waals surface area contributed by atoms with Crippen LogP contribution in [0.15, 0.2) is 24.3 Å². The maximum atomic E-state index is 5.63. The third kappa shape index (κ3) is 5.29. The lowest BCUT2D eigenvalue weighted by atomic mass is 9.96. The quantitative estimate of drug-likeness (QED) is 0.833. The minimum Gasteiger partial charge on any atom is -0.389 e. The molecular formula is C14H22N2S. The van der Waals surface area contributed by atoms with E-state index in [4.69, 9.17) is 18.0 Å². The van der Waals surface area contributed by atoms with Gasteiger partial charge in [0, 0.05) is 18.7 Å². The molecule has 0 amide bonds. The monoisotopic (exact) mass is 250 g/mol. The van der Waals surface area contributed by atoms with E-state index in [1.54, 1.807) is 0 Å². The predicted octanol–water partition coefficient (Wildman–Crippen LogP) is 2.80. The summed E-state index contributed by atoms with van der Waals surface area (Å²) in [6.45, 7) is 8.72. The van der Waals surface area contributed by atoms with Crippen molar-refractivity contribution in [2.24, 2.45) is 11.1 Å². The number of benzene rings is 1. The van der Waals surface area contributed by atoms with Gasteiger partial charge in [-0.25, -0.2) is 0 Å². The molecule has 1 rings (SSSR count). The van der Waals surface area contributed by atoms with Crippen LogP contribution < -0.4 is 5.73 Å². The number of nitrogens with two attached hydrogens (primary N) is 1. The summed E-state index contributed by atoms with van der Waals surface area (Å²) >= 11 is 4.99. The molecule has 2 N–H and O–H groups in total. The maximum Gasteiger partial charge on any atom is 0.103 e. The van der Waals surface area contributed by atoms with Crippen molar-refractivity contribution in [1.29, 1.82) is 0 Å². The fourth-order valence-corrected chi connectivity index (χ4v) is 2.13. The lowest BCUT2D eigenvalue weighted by Gasteiger charge is -2.26. The SMILES string of the molecule is CN(Cc1cccc(C(N)=S)c1)CC(C)(C)C. The van der Waals surface area contributed by atoms with Crippen LogP contribution in [0.4, 0.5) is 0 Å². The number of hydrogen-bond donors (Lipinski definition) is 1. The highest BCUT2D eigenvalue weighted by Gasteiger charge is 2.13. The highest BCUT2D eigenvalue weighted by Crippen LogP contribution is 2.16. The zero-order valence-electron chi connectivity index (χ0n) is 11.2. The lowest BCUT2D eigenvalue weighted by Crippen LogP contribution is -2.28. The van der Waals surface area contributed by atoms with E-state index in [-0.39, 0.29) is 0 Å². The van der Waals surface area contributed by atoms with Gasteiger partial charge in [0.1, 0.15) is 4.99 Å². The Labute approximate surface area is 110 Å². The number of nitrogens with zero attached hydrogens (tertiary/aromatic N) is 1. The third-order valence-corrected chi connectivity index (χ3v) is 2.64. The van der Waals surface area contributed by atoms with Gasteiger partial charge in [-0.1, -0.05) is 51.2 Å². The Morgan fingerprint density at radius 2 is 2.00 bits per heavy atom. The smallest absolute Gasteiger partial charge is 0.103 e. The maximum absolute atomic E-state index is 5.63. The average molecular weight is 250 g/mol. The second kappa shape index (κ2) is 5.61. The molecule has 0 heterocycles. The Balaban J connectivity index is 2.68. The molecule has 0 radical (unpaired) electrons. The molecule has 0 aliphatic carbocycles. The minimum absolute atomic E-state index is 0.315. The molecule has 0 aromatic heterocycles. The van der Waals surface area contributed by atoms with E-state index in [0.717, 1.165) is 18.7 Å². The van der Waals surface area contributed by atoms with Crippen LogP contribution >= 0.6 is 12.2 Å². The molecule has 0 saturated heterocycles. The molecular weight excluding hydrogens is 228 g/mol. The van der Waals surface area contributed by atoms with Crippen LogP contribution in [0.3, 0.4) is 0 Å². The Morgan fingerprint density at radius 3 is 2.53 bits per heavy atom. The third-order valence-electron chi connectivity index (χ3n) is 2.41. The van der Waals surface area contributed by atoms with E-state index in [0.29, 0.717) is 10.4 Å². The van der Waals surface area contributed by atoms with E-state index < -0.39 is 0 Å². The van der Waals surface area contributed by atoms with Crippen LogP contribution in [0.1, 0.15) is 31.9 Å². The first-order valence-corrected chi connectivity index (χ1v) is 6.26. The molecule has 1 aromatic carbocycles. The first-order valence-electron chi connectivity index (χ1n) is 5.85. The van der Waals surface area contributed by atoms with Crippen molar-refractivity contribution >= 4 is 17.2 Å². The summed E-state index contributed by atoms with van der Waals surface area (Å²) < 4.78 is 0. The van der Waals surface area contributed by atoms with Gasteiger partial charge < -0.3 is 10.6 Å². The summed E-state index contributed by atoms with van der Waals surface area (Å²) in [5, 5.41) is 0. The zero-order chi connectivity index (χ0) is 13.1. The van der Waals surface area contributed by atoms with Gasteiger partial charge in [0.05, 0.1) is 0 Å². The van der Waals surface area contributed by atoms with Crippen molar-refractivity contribution in [1.82, 2.24) is 4.90 Å². The van der Waals surface area contributed by atoms with E-state index in [1.165, 1.54) is 5.56 Å². The highest BCUT2D eigenvalue weighted by molar-refractivity contribution is 7.80. The summed E-state index contributed by atoms with van der Waals surface area (Å²) in [5.41, 5.74) is 8.15. The van der Waals surface area contributed by atoms with Crippen molar-refractivity contribution in [3.05, 3.63) is 35.4 Å². The molecule has 0 aliphatic heterocycles. The molecule has 3 heteroatoms. The van der Waals surface area contributed by atoms with Gasteiger partial charge in [0.2, 0.25) is 0 Å². The molecule has 0 saturated carbocycles. The van der Waals surface area contributed by atoms with Gasteiger partial charge >= 0.3 is 0 Å². The summed E-state index contributed by atoms with van der Waals surface area (Å²) in [6, 6.07) is 8.15. The van der Waals surface area contributed by atoms with Crippen LogP contribution in [0, 0.1) is 5.41 Å². The molecule has 1 aromatic rings.